The van der Waals surface area contributed by atoms with Gasteiger partial charge >= 0.3 is 0 Å². The average molecular weight is 399 g/mol. The van der Waals surface area contributed by atoms with E-state index in [2.05, 4.69) is 23.8 Å². The third kappa shape index (κ3) is 3.64. The molecule has 0 saturated heterocycles. The van der Waals surface area contributed by atoms with E-state index in [1.54, 1.807) is 41.3 Å². The van der Waals surface area contributed by atoms with Crippen LogP contribution in [-0.2, 0) is 0 Å². The van der Waals surface area contributed by atoms with Crippen LogP contribution < -0.4 is 4.74 Å². The van der Waals surface area contributed by atoms with Gasteiger partial charge in [-0.1, -0.05) is 29.3 Å². The second-order valence-corrected chi connectivity index (χ2v) is 8.39. The summed E-state index contributed by atoms with van der Waals surface area (Å²) in [7, 11) is 0. The van der Waals surface area contributed by atoms with Crippen molar-refractivity contribution >= 4 is 56.5 Å². The SMILES string of the molecule is Cc1nc(SCCOc2c(Cl)cccc2Cl)c2c(C)c(C)sc2n1. The van der Waals surface area contributed by atoms with E-state index in [1.165, 1.54) is 10.4 Å². The fourth-order valence-electron chi connectivity index (χ4n) is 2.32. The molecule has 126 valence electrons. The maximum Gasteiger partial charge on any atom is 0.156 e. The van der Waals surface area contributed by atoms with Crippen molar-refractivity contribution in [3.8, 4) is 5.75 Å². The number of halogens is 2. The molecule has 3 rings (SSSR count). The number of thioether (sulfide) groups is 1. The smallest absolute Gasteiger partial charge is 0.156 e. The van der Waals surface area contributed by atoms with E-state index in [0.717, 1.165) is 26.8 Å². The molecule has 2 aromatic heterocycles. The topological polar surface area (TPSA) is 35.0 Å². The predicted octanol–water partition coefficient (Wildman–Crippen LogP) is 6.09. The van der Waals surface area contributed by atoms with E-state index in [1.807, 2.05) is 6.92 Å². The zero-order valence-corrected chi connectivity index (χ0v) is 16.7. The lowest BCUT2D eigenvalue weighted by molar-refractivity contribution is 0.344. The molecule has 0 atom stereocenters. The third-order valence-electron chi connectivity index (χ3n) is 3.59. The Morgan fingerprint density at radius 2 is 1.83 bits per heavy atom. The van der Waals surface area contributed by atoms with Crippen molar-refractivity contribution in [1.82, 2.24) is 9.97 Å². The zero-order valence-electron chi connectivity index (χ0n) is 13.5. The van der Waals surface area contributed by atoms with Crippen molar-refractivity contribution in [1.29, 1.82) is 0 Å². The van der Waals surface area contributed by atoms with Crippen LogP contribution in [0, 0.1) is 20.8 Å². The molecule has 0 aliphatic carbocycles. The molecule has 0 unspecified atom stereocenters. The Morgan fingerprint density at radius 3 is 2.54 bits per heavy atom. The van der Waals surface area contributed by atoms with Gasteiger partial charge in [-0.3, -0.25) is 0 Å². The van der Waals surface area contributed by atoms with Crippen LogP contribution >= 0.6 is 46.3 Å². The fraction of sp³-hybridized carbons (Fsp3) is 0.294. The van der Waals surface area contributed by atoms with Gasteiger partial charge in [-0.15, -0.1) is 23.1 Å². The van der Waals surface area contributed by atoms with Crippen LogP contribution in [0.2, 0.25) is 10.0 Å². The summed E-state index contributed by atoms with van der Waals surface area (Å²) in [5.74, 6) is 2.08. The maximum absolute atomic E-state index is 6.11. The van der Waals surface area contributed by atoms with Crippen molar-refractivity contribution < 1.29 is 4.74 Å². The van der Waals surface area contributed by atoms with Gasteiger partial charge in [0, 0.05) is 16.0 Å². The lowest BCUT2D eigenvalue weighted by atomic mass is 10.2. The van der Waals surface area contributed by atoms with Crippen molar-refractivity contribution in [2.45, 2.75) is 25.8 Å². The first-order chi connectivity index (χ1) is 11.5. The lowest BCUT2D eigenvalue weighted by Gasteiger charge is -2.10. The number of rotatable bonds is 5. The summed E-state index contributed by atoms with van der Waals surface area (Å²) in [5, 5.41) is 3.21. The van der Waals surface area contributed by atoms with E-state index >= 15 is 0 Å². The third-order valence-corrected chi connectivity index (χ3v) is 6.23. The molecule has 0 saturated carbocycles. The van der Waals surface area contributed by atoms with Crippen molar-refractivity contribution in [2.75, 3.05) is 12.4 Å². The van der Waals surface area contributed by atoms with Gasteiger partial charge < -0.3 is 4.74 Å². The van der Waals surface area contributed by atoms with E-state index in [4.69, 9.17) is 27.9 Å². The molecule has 24 heavy (non-hydrogen) atoms. The molecule has 0 N–H and O–H groups in total. The second-order valence-electron chi connectivity index (χ2n) is 5.29. The molecule has 0 amide bonds. The van der Waals surface area contributed by atoms with Crippen LogP contribution in [0.5, 0.6) is 5.75 Å². The lowest BCUT2D eigenvalue weighted by Crippen LogP contribution is -2.02. The molecular formula is C17H16Cl2N2OS2. The van der Waals surface area contributed by atoms with Crippen LogP contribution in [-0.4, -0.2) is 22.3 Å². The molecule has 3 aromatic rings. The summed E-state index contributed by atoms with van der Waals surface area (Å²) in [6.45, 7) is 6.67. The standard InChI is InChI=1S/C17H16Cl2N2OS2/c1-9-10(2)24-17-14(9)16(20-11(3)21-17)23-8-7-22-15-12(18)5-4-6-13(15)19/h4-6H,7-8H2,1-3H3. The monoisotopic (exact) mass is 398 g/mol. The normalized spacial score (nSPS) is 11.2. The van der Waals surface area contributed by atoms with Crippen LogP contribution in [0.4, 0.5) is 0 Å². The van der Waals surface area contributed by atoms with Crippen LogP contribution in [0.25, 0.3) is 10.2 Å². The molecular weight excluding hydrogens is 383 g/mol. The number of thiophene rings is 1. The summed E-state index contributed by atoms with van der Waals surface area (Å²) in [6, 6.07) is 5.34. The summed E-state index contributed by atoms with van der Waals surface area (Å²) in [5.41, 5.74) is 1.26. The number of ether oxygens (including phenoxy) is 1. The highest BCUT2D eigenvalue weighted by molar-refractivity contribution is 7.99. The van der Waals surface area contributed by atoms with E-state index in [9.17, 15) is 0 Å². The maximum atomic E-state index is 6.11. The number of aromatic nitrogens is 2. The first-order valence-electron chi connectivity index (χ1n) is 7.41. The molecule has 2 heterocycles. The highest BCUT2D eigenvalue weighted by atomic mass is 35.5. The molecule has 0 radical (unpaired) electrons. The minimum absolute atomic E-state index is 0.501. The molecule has 7 heteroatoms. The molecule has 0 bridgehead atoms. The number of aryl methyl sites for hydroxylation is 3. The van der Waals surface area contributed by atoms with Gasteiger partial charge in [-0.25, -0.2) is 9.97 Å². The van der Waals surface area contributed by atoms with Crippen LogP contribution in [0.1, 0.15) is 16.3 Å². The minimum Gasteiger partial charge on any atom is -0.490 e. The van der Waals surface area contributed by atoms with Gasteiger partial charge in [0.2, 0.25) is 0 Å². The van der Waals surface area contributed by atoms with Crippen molar-refractivity contribution in [3.63, 3.8) is 0 Å². The Bertz CT molecular complexity index is 876. The Balaban J connectivity index is 1.72. The highest BCUT2D eigenvalue weighted by Gasteiger charge is 2.14. The van der Waals surface area contributed by atoms with E-state index < -0.39 is 0 Å². The summed E-state index contributed by atoms with van der Waals surface area (Å²) >= 11 is 15.6. The zero-order chi connectivity index (χ0) is 17.3. The number of hydrogen-bond acceptors (Lipinski definition) is 5. The minimum atomic E-state index is 0.501. The number of fused-ring (bicyclic) bond motifs is 1. The van der Waals surface area contributed by atoms with Gasteiger partial charge in [0.1, 0.15) is 15.7 Å². The Kier molecular flexibility index (Phi) is 5.55. The Hall–Kier alpha value is -1.01. The van der Waals surface area contributed by atoms with Gasteiger partial charge in [0.25, 0.3) is 0 Å². The number of hydrogen-bond donors (Lipinski definition) is 0. The molecule has 0 fully saturated rings. The van der Waals surface area contributed by atoms with Gasteiger partial charge in [0.15, 0.2) is 5.75 Å². The number of benzene rings is 1. The summed E-state index contributed by atoms with van der Waals surface area (Å²) < 4.78 is 5.74. The number of para-hydroxylation sites is 1. The molecule has 0 aliphatic heterocycles. The summed E-state index contributed by atoms with van der Waals surface area (Å²) in [6.07, 6.45) is 0. The first-order valence-corrected chi connectivity index (χ1v) is 9.97. The largest absolute Gasteiger partial charge is 0.490 e. The van der Waals surface area contributed by atoms with E-state index in [0.29, 0.717) is 22.4 Å². The first kappa shape index (κ1) is 17.8. The molecule has 1 aromatic carbocycles. The predicted molar refractivity (Wildman–Crippen MR) is 104 cm³/mol. The van der Waals surface area contributed by atoms with Gasteiger partial charge in [0.05, 0.1) is 16.7 Å². The molecule has 0 spiro atoms. The quantitative estimate of drug-likeness (QED) is 0.295. The highest BCUT2D eigenvalue weighted by Crippen LogP contribution is 2.36. The van der Waals surface area contributed by atoms with Crippen LogP contribution in [0.3, 0.4) is 0 Å². The fourth-order valence-corrected chi connectivity index (χ4v) is 4.92. The Morgan fingerprint density at radius 1 is 1.12 bits per heavy atom. The second kappa shape index (κ2) is 7.48. The molecule has 3 nitrogen and oxygen atoms in total. The van der Waals surface area contributed by atoms with E-state index in [-0.39, 0.29) is 0 Å². The van der Waals surface area contributed by atoms with Crippen molar-refractivity contribution in [2.24, 2.45) is 0 Å². The van der Waals surface area contributed by atoms with Crippen molar-refractivity contribution in [3.05, 3.63) is 44.5 Å². The number of nitrogens with zero attached hydrogens (tertiary/aromatic N) is 2. The average Bonchev–Trinajstić information content (AvgIpc) is 2.80. The van der Waals surface area contributed by atoms with Gasteiger partial charge in [-0.05, 0) is 38.5 Å². The van der Waals surface area contributed by atoms with Gasteiger partial charge in [-0.2, -0.15) is 0 Å². The van der Waals surface area contributed by atoms with Crippen LogP contribution in [0.15, 0.2) is 23.2 Å². The Labute approximate surface area is 159 Å². The summed E-state index contributed by atoms with van der Waals surface area (Å²) in [4.78, 5) is 11.5. The molecule has 0 aliphatic rings.